The van der Waals surface area contributed by atoms with E-state index in [2.05, 4.69) is 27.8 Å². The Morgan fingerprint density at radius 1 is 1.20 bits per heavy atom. The zero-order chi connectivity index (χ0) is 25.5. The molecule has 2 aromatic carbocycles. The molecule has 0 unspecified atom stereocenters. The highest BCUT2D eigenvalue weighted by atomic mass is 79.9. The summed E-state index contributed by atoms with van der Waals surface area (Å²) in [5.74, 6) is 0.122. The average molecular weight is 580 g/mol. The fourth-order valence-electron chi connectivity index (χ4n) is 3.35. The molecule has 0 bridgehead atoms. The summed E-state index contributed by atoms with van der Waals surface area (Å²) in [6, 6.07) is 8.55. The Labute approximate surface area is 221 Å². The Morgan fingerprint density at radius 3 is 2.60 bits per heavy atom. The Balaban J connectivity index is 1.81. The lowest BCUT2D eigenvalue weighted by molar-refractivity contribution is -0.127. The first-order valence-corrected chi connectivity index (χ1v) is 12.8. The number of nitrogens with one attached hydrogen (secondary N) is 1. The Bertz CT molecular complexity index is 1200. The second kappa shape index (κ2) is 12.3. The molecule has 0 saturated carbocycles. The predicted molar refractivity (Wildman–Crippen MR) is 143 cm³/mol. The molecular formula is C25H24BrClN2O5S. The van der Waals surface area contributed by atoms with E-state index in [1.165, 1.54) is 0 Å². The van der Waals surface area contributed by atoms with Crippen LogP contribution in [0.4, 0.5) is 10.5 Å². The third-order valence-corrected chi connectivity index (χ3v) is 6.92. The number of hydrogen-bond acceptors (Lipinski definition) is 6. The summed E-state index contributed by atoms with van der Waals surface area (Å²) in [7, 11) is 0. The van der Waals surface area contributed by atoms with Crippen molar-refractivity contribution < 1.29 is 23.9 Å². The number of nitrogens with zero attached hydrogens (tertiary/aromatic N) is 1. The van der Waals surface area contributed by atoms with Crippen LogP contribution in [0.15, 0.2) is 52.4 Å². The summed E-state index contributed by atoms with van der Waals surface area (Å²) >= 11 is 10.1. The van der Waals surface area contributed by atoms with Crippen LogP contribution < -0.4 is 14.8 Å². The molecule has 1 heterocycles. The first kappa shape index (κ1) is 26.8. The lowest BCUT2D eigenvalue weighted by Gasteiger charge is -2.16. The lowest BCUT2D eigenvalue weighted by Crippen LogP contribution is -2.36. The van der Waals surface area contributed by atoms with Crippen molar-refractivity contribution in [1.29, 1.82) is 0 Å². The number of thioether (sulfide) groups is 1. The molecule has 1 fully saturated rings. The summed E-state index contributed by atoms with van der Waals surface area (Å²) in [5.41, 5.74) is 1.98. The number of halogens is 2. The largest absolute Gasteiger partial charge is 0.490 e. The Morgan fingerprint density at radius 2 is 1.94 bits per heavy atom. The molecule has 1 aliphatic rings. The summed E-state index contributed by atoms with van der Waals surface area (Å²) in [4.78, 5) is 39.0. The molecule has 3 amide bonds. The van der Waals surface area contributed by atoms with Gasteiger partial charge in [-0.3, -0.25) is 19.3 Å². The van der Waals surface area contributed by atoms with Crippen LogP contribution >= 0.6 is 39.3 Å². The molecule has 3 rings (SSSR count). The normalized spacial score (nSPS) is 14.4. The monoisotopic (exact) mass is 578 g/mol. The van der Waals surface area contributed by atoms with Crippen LogP contribution in [0.1, 0.15) is 25.0 Å². The maximum absolute atomic E-state index is 12.9. The summed E-state index contributed by atoms with van der Waals surface area (Å²) < 4.78 is 12.2. The van der Waals surface area contributed by atoms with E-state index in [4.69, 9.17) is 21.1 Å². The van der Waals surface area contributed by atoms with Crippen molar-refractivity contribution in [2.45, 2.75) is 20.3 Å². The SMILES string of the molecule is C=CCc1cc(/C=C2/SC(=O)N(CC(=O)Nc3ccc(Br)c(Cl)c3)C2=O)cc(OCC)c1OCC. The number of amides is 3. The first-order chi connectivity index (χ1) is 16.8. The molecular weight excluding hydrogens is 556 g/mol. The van der Waals surface area contributed by atoms with Gasteiger partial charge in [0.25, 0.3) is 11.1 Å². The highest BCUT2D eigenvalue weighted by Gasteiger charge is 2.36. The third kappa shape index (κ3) is 6.68. The minimum Gasteiger partial charge on any atom is -0.490 e. The van der Waals surface area contributed by atoms with E-state index in [0.29, 0.717) is 51.9 Å². The van der Waals surface area contributed by atoms with E-state index in [9.17, 15) is 14.4 Å². The number of ether oxygens (including phenoxy) is 2. The van der Waals surface area contributed by atoms with Crippen LogP contribution in [0.5, 0.6) is 11.5 Å². The molecule has 1 aliphatic heterocycles. The summed E-state index contributed by atoms with van der Waals surface area (Å²) in [5, 5.41) is 2.55. The predicted octanol–water partition coefficient (Wildman–Crippen LogP) is 6.30. The molecule has 0 radical (unpaired) electrons. The average Bonchev–Trinajstić information content (AvgIpc) is 3.06. The minimum absolute atomic E-state index is 0.214. The van der Waals surface area contributed by atoms with Crippen LogP contribution in [0.2, 0.25) is 5.02 Å². The zero-order valence-electron chi connectivity index (χ0n) is 19.2. The van der Waals surface area contributed by atoms with E-state index >= 15 is 0 Å². The molecule has 0 aliphatic carbocycles. The molecule has 2 aromatic rings. The fourth-order valence-corrected chi connectivity index (χ4v) is 4.62. The molecule has 1 N–H and O–H groups in total. The van der Waals surface area contributed by atoms with E-state index in [-0.39, 0.29) is 4.91 Å². The number of carbonyl (C=O) groups excluding carboxylic acids is 3. The fraction of sp³-hybridized carbons (Fsp3) is 0.240. The summed E-state index contributed by atoms with van der Waals surface area (Å²) in [6.45, 7) is 8.05. The second-order valence-corrected chi connectivity index (χ2v) is 9.57. The number of rotatable bonds is 10. The van der Waals surface area contributed by atoms with E-state index < -0.39 is 23.6 Å². The van der Waals surface area contributed by atoms with Crippen molar-refractivity contribution in [3.63, 3.8) is 0 Å². The Hall–Kier alpha value is -2.75. The second-order valence-electron chi connectivity index (χ2n) is 7.31. The van der Waals surface area contributed by atoms with Crippen molar-refractivity contribution in [1.82, 2.24) is 4.90 Å². The highest BCUT2D eigenvalue weighted by molar-refractivity contribution is 9.10. The quantitative estimate of drug-likeness (QED) is 0.263. The third-order valence-electron chi connectivity index (χ3n) is 4.78. The van der Waals surface area contributed by atoms with Gasteiger partial charge in [-0.25, -0.2) is 0 Å². The van der Waals surface area contributed by atoms with Gasteiger partial charge in [-0.2, -0.15) is 0 Å². The molecule has 0 spiro atoms. The van der Waals surface area contributed by atoms with Crippen molar-refractivity contribution in [2.75, 3.05) is 25.1 Å². The van der Waals surface area contributed by atoms with Crippen LogP contribution in [-0.2, 0) is 16.0 Å². The van der Waals surface area contributed by atoms with Gasteiger partial charge in [0.2, 0.25) is 5.91 Å². The van der Waals surface area contributed by atoms with Crippen molar-refractivity contribution in [2.24, 2.45) is 0 Å². The van der Waals surface area contributed by atoms with Crippen molar-refractivity contribution in [3.8, 4) is 11.5 Å². The number of hydrogen-bond donors (Lipinski definition) is 1. The van der Waals surface area contributed by atoms with Gasteiger partial charge in [-0.05, 0) is 89.9 Å². The van der Waals surface area contributed by atoms with E-state index in [0.717, 1.165) is 22.2 Å². The van der Waals surface area contributed by atoms with Gasteiger partial charge in [-0.15, -0.1) is 6.58 Å². The number of allylic oxidation sites excluding steroid dienone is 1. The van der Waals surface area contributed by atoms with Gasteiger partial charge in [0.1, 0.15) is 6.54 Å². The highest BCUT2D eigenvalue weighted by Crippen LogP contribution is 2.37. The molecule has 7 nitrogen and oxygen atoms in total. The zero-order valence-corrected chi connectivity index (χ0v) is 22.4. The van der Waals surface area contributed by atoms with Gasteiger partial charge in [-0.1, -0.05) is 17.7 Å². The summed E-state index contributed by atoms with van der Waals surface area (Å²) in [6.07, 6.45) is 3.91. The van der Waals surface area contributed by atoms with Crippen LogP contribution in [0, 0.1) is 0 Å². The molecule has 0 aromatic heterocycles. The van der Waals surface area contributed by atoms with Gasteiger partial charge < -0.3 is 14.8 Å². The maximum atomic E-state index is 12.9. The molecule has 35 heavy (non-hydrogen) atoms. The number of carbonyl (C=O) groups is 3. The van der Waals surface area contributed by atoms with Crippen molar-refractivity contribution >= 4 is 68.1 Å². The smallest absolute Gasteiger partial charge is 0.294 e. The maximum Gasteiger partial charge on any atom is 0.294 e. The number of anilines is 1. The van der Waals surface area contributed by atoms with Crippen LogP contribution in [-0.4, -0.2) is 41.7 Å². The standard InChI is InChI=1S/C25H24BrClN2O5S/c1-4-7-16-10-15(11-20(33-5-2)23(16)34-6-3)12-21-24(31)29(25(32)35-21)14-22(30)28-17-8-9-18(26)19(27)13-17/h4,8-13H,1,5-7,14H2,2-3H3,(H,28,30)/b21-12+. The van der Waals surface area contributed by atoms with Gasteiger partial charge in [0.05, 0.1) is 23.1 Å². The Kier molecular flexibility index (Phi) is 9.42. The molecule has 0 atom stereocenters. The van der Waals surface area contributed by atoms with Gasteiger partial charge >= 0.3 is 0 Å². The molecule has 10 heteroatoms. The minimum atomic E-state index is -0.541. The molecule has 1 saturated heterocycles. The van der Waals surface area contributed by atoms with E-state index in [1.54, 1.807) is 36.4 Å². The number of benzene rings is 2. The topological polar surface area (TPSA) is 84.9 Å². The van der Waals surface area contributed by atoms with Gasteiger partial charge in [0, 0.05) is 15.7 Å². The van der Waals surface area contributed by atoms with Gasteiger partial charge in [0.15, 0.2) is 11.5 Å². The van der Waals surface area contributed by atoms with Crippen LogP contribution in [0.25, 0.3) is 6.08 Å². The molecule has 184 valence electrons. The van der Waals surface area contributed by atoms with Crippen molar-refractivity contribution in [3.05, 3.63) is 68.5 Å². The first-order valence-electron chi connectivity index (χ1n) is 10.8. The van der Waals surface area contributed by atoms with Crippen LogP contribution in [0.3, 0.4) is 0 Å². The van der Waals surface area contributed by atoms with E-state index in [1.807, 2.05) is 19.9 Å². The number of imide groups is 1. The lowest BCUT2D eigenvalue weighted by atomic mass is 10.0.